The van der Waals surface area contributed by atoms with E-state index in [1.807, 2.05) is 13.8 Å². The van der Waals surface area contributed by atoms with Crippen molar-refractivity contribution in [2.45, 2.75) is 39.5 Å². The van der Waals surface area contributed by atoms with Gasteiger partial charge in [-0.15, -0.1) is 0 Å². The zero-order valence-corrected chi connectivity index (χ0v) is 18.5. The predicted octanol–water partition coefficient (Wildman–Crippen LogP) is 4.44. The summed E-state index contributed by atoms with van der Waals surface area (Å²) in [6, 6.07) is 9.96. The Morgan fingerprint density at radius 2 is 1.61 bits per heavy atom. The van der Waals surface area contributed by atoms with Crippen molar-refractivity contribution in [3.05, 3.63) is 65.2 Å². The molecule has 0 atom stereocenters. The third-order valence-corrected chi connectivity index (χ3v) is 4.38. The second kappa shape index (κ2) is 11.3. The van der Waals surface area contributed by atoms with E-state index in [4.69, 9.17) is 4.74 Å². The molecule has 0 aliphatic carbocycles. The number of carbonyl (C=O) groups excluding carboxylic acids is 3. The molecule has 0 fully saturated rings. The lowest BCUT2D eigenvalue weighted by Crippen LogP contribution is -2.36. The molecule has 3 amide bonds. The number of nitrogens with zero attached hydrogens (tertiary/aromatic N) is 1. The molecule has 2 aromatic carbocycles. The van der Waals surface area contributed by atoms with Gasteiger partial charge in [0.05, 0.1) is 12.2 Å². The lowest BCUT2D eigenvalue weighted by molar-refractivity contribution is -0.144. The van der Waals surface area contributed by atoms with Gasteiger partial charge in [-0.3, -0.25) is 9.59 Å². The van der Waals surface area contributed by atoms with E-state index in [1.165, 1.54) is 41.3 Å². The van der Waals surface area contributed by atoms with Gasteiger partial charge in [-0.2, -0.15) is 13.2 Å². The van der Waals surface area contributed by atoms with Crippen LogP contribution < -0.4 is 10.6 Å². The van der Waals surface area contributed by atoms with E-state index in [1.54, 1.807) is 6.92 Å². The standard InChI is InChI=1S/C23H26F3N3O4/c1-4-33-20(30)14-29(13-16-5-9-18(10-6-16)23(24,25)26)21(31)17-7-11-19(12-8-17)28-22(32)27-15(2)3/h5-12,15H,4,13-14H2,1-3H3,(H2,27,28,32). The van der Waals surface area contributed by atoms with Gasteiger partial charge in [-0.1, -0.05) is 12.1 Å². The maximum absolute atomic E-state index is 13.0. The highest BCUT2D eigenvalue weighted by Gasteiger charge is 2.30. The van der Waals surface area contributed by atoms with Crippen molar-refractivity contribution < 1.29 is 32.3 Å². The minimum Gasteiger partial charge on any atom is -0.465 e. The fourth-order valence-corrected chi connectivity index (χ4v) is 2.89. The SMILES string of the molecule is CCOC(=O)CN(Cc1ccc(C(F)(F)F)cc1)C(=O)c1ccc(NC(=O)NC(C)C)cc1. The minimum atomic E-state index is -4.47. The molecular weight excluding hydrogens is 439 g/mol. The number of anilines is 1. The number of hydrogen-bond donors (Lipinski definition) is 2. The van der Waals surface area contributed by atoms with Crippen LogP contribution in [0.25, 0.3) is 0 Å². The van der Waals surface area contributed by atoms with Crippen LogP contribution in [0, 0.1) is 0 Å². The zero-order valence-electron chi connectivity index (χ0n) is 18.5. The van der Waals surface area contributed by atoms with Gasteiger partial charge >= 0.3 is 18.2 Å². The van der Waals surface area contributed by atoms with Gasteiger partial charge in [0.15, 0.2) is 0 Å². The average molecular weight is 465 g/mol. The molecule has 0 spiro atoms. The molecule has 0 saturated heterocycles. The minimum absolute atomic E-state index is 0.0486. The van der Waals surface area contributed by atoms with Crippen LogP contribution in [0.2, 0.25) is 0 Å². The van der Waals surface area contributed by atoms with Crippen LogP contribution in [0.1, 0.15) is 42.3 Å². The number of amides is 3. The van der Waals surface area contributed by atoms with E-state index in [9.17, 15) is 27.6 Å². The summed E-state index contributed by atoms with van der Waals surface area (Å²) in [5.41, 5.74) is 0.314. The summed E-state index contributed by atoms with van der Waals surface area (Å²) in [5, 5.41) is 5.31. The topological polar surface area (TPSA) is 87.7 Å². The summed E-state index contributed by atoms with van der Waals surface area (Å²) in [4.78, 5) is 38.0. The molecule has 178 valence electrons. The average Bonchev–Trinajstić information content (AvgIpc) is 2.72. The highest BCUT2D eigenvalue weighted by molar-refractivity contribution is 5.97. The van der Waals surface area contributed by atoms with Crippen LogP contribution in [0.3, 0.4) is 0 Å². The Labute approximate surface area is 189 Å². The monoisotopic (exact) mass is 465 g/mol. The number of alkyl halides is 3. The molecule has 0 unspecified atom stereocenters. The van der Waals surface area contributed by atoms with E-state index in [2.05, 4.69) is 10.6 Å². The molecule has 0 aliphatic rings. The molecule has 10 heteroatoms. The van der Waals surface area contributed by atoms with Crippen molar-refractivity contribution in [2.75, 3.05) is 18.5 Å². The summed E-state index contributed by atoms with van der Waals surface area (Å²) < 4.78 is 43.3. The van der Waals surface area contributed by atoms with Crippen LogP contribution >= 0.6 is 0 Å². The number of carbonyl (C=O) groups is 3. The second-order valence-electron chi connectivity index (χ2n) is 7.49. The van der Waals surface area contributed by atoms with Gasteiger partial charge < -0.3 is 20.3 Å². The van der Waals surface area contributed by atoms with E-state index >= 15 is 0 Å². The van der Waals surface area contributed by atoms with E-state index in [0.717, 1.165) is 12.1 Å². The van der Waals surface area contributed by atoms with Crippen molar-refractivity contribution in [2.24, 2.45) is 0 Å². The summed E-state index contributed by atoms with van der Waals surface area (Å²) in [6.07, 6.45) is -4.47. The lowest BCUT2D eigenvalue weighted by Gasteiger charge is -2.22. The molecule has 0 heterocycles. The summed E-state index contributed by atoms with van der Waals surface area (Å²) >= 11 is 0. The zero-order chi connectivity index (χ0) is 24.6. The van der Waals surface area contributed by atoms with Crippen LogP contribution in [-0.4, -0.2) is 42.0 Å². The fraction of sp³-hybridized carbons (Fsp3) is 0.348. The Hall–Kier alpha value is -3.56. The predicted molar refractivity (Wildman–Crippen MR) is 117 cm³/mol. The third kappa shape index (κ3) is 8.13. The number of rotatable bonds is 8. The molecule has 0 saturated carbocycles. The first kappa shape index (κ1) is 25.7. The normalized spacial score (nSPS) is 11.1. The summed E-state index contributed by atoms with van der Waals surface area (Å²) in [7, 11) is 0. The molecular formula is C23H26F3N3O4. The van der Waals surface area contributed by atoms with E-state index in [0.29, 0.717) is 11.3 Å². The molecule has 2 rings (SSSR count). The second-order valence-corrected chi connectivity index (χ2v) is 7.49. The Morgan fingerprint density at radius 1 is 1.00 bits per heavy atom. The molecule has 0 aliphatic heterocycles. The van der Waals surface area contributed by atoms with Crippen molar-refractivity contribution in [1.82, 2.24) is 10.2 Å². The Morgan fingerprint density at radius 3 is 2.12 bits per heavy atom. The number of halogens is 3. The van der Waals surface area contributed by atoms with Crippen LogP contribution in [0.4, 0.5) is 23.7 Å². The molecule has 33 heavy (non-hydrogen) atoms. The molecule has 7 nitrogen and oxygen atoms in total. The summed E-state index contributed by atoms with van der Waals surface area (Å²) in [5.74, 6) is -1.15. The van der Waals surface area contributed by atoms with Crippen molar-refractivity contribution in [3.63, 3.8) is 0 Å². The van der Waals surface area contributed by atoms with Crippen molar-refractivity contribution in [3.8, 4) is 0 Å². The first-order valence-corrected chi connectivity index (χ1v) is 10.3. The smallest absolute Gasteiger partial charge is 0.416 e. The lowest BCUT2D eigenvalue weighted by atomic mass is 10.1. The number of nitrogens with one attached hydrogen (secondary N) is 2. The number of hydrogen-bond acceptors (Lipinski definition) is 4. The van der Waals surface area contributed by atoms with Crippen LogP contribution in [0.5, 0.6) is 0 Å². The quantitative estimate of drug-likeness (QED) is 0.565. The molecule has 0 bridgehead atoms. The largest absolute Gasteiger partial charge is 0.465 e. The Kier molecular flexibility index (Phi) is 8.84. The molecule has 2 aromatic rings. The van der Waals surface area contributed by atoms with Gasteiger partial charge in [0.25, 0.3) is 5.91 Å². The van der Waals surface area contributed by atoms with Crippen molar-refractivity contribution >= 4 is 23.6 Å². The molecule has 0 aromatic heterocycles. The summed E-state index contributed by atoms with van der Waals surface area (Å²) in [6.45, 7) is 4.92. The van der Waals surface area contributed by atoms with Crippen LogP contribution in [-0.2, 0) is 22.3 Å². The number of ether oxygens (including phenoxy) is 1. The molecule has 0 radical (unpaired) electrons. The van der Waals surface area contributed by atoms with Gasteiger partial charge in [0.2, 0.25) is 0 Å². The fourth-order valence-electron chi connectivity index (χ4n) is 2.89. The Bertz CT molecular complexity index is 958. The number of benzene rings is 2. The van der Waals surface area contributed by atoms with E-state index < -0.39 is 29.6 Å². The van der Waals surface area contributed by atoms with Gasteiger partial charge in [0.1, 0.15) is 6.54 Å². The number of esters is 1. The van der Waals surface area contributed by atoms with Crippen LogP contribution in [0.15, 0.2) is 48.5 Å². The van der Waals surface area contributed by atoms with Gasteiger partial charge in [-0.05, 0) is 62.7 Å². The van der Waals surface area contributed by atoms with Gasteiger partial charge in [0, 0.05) is 23.8 Å². The highest BCUT2D eigenvalue weighted by atomic mass is 19.4. The molecule has 2 N–H and O–H groups in total. The third-order valence-electron chi connectivity index (χ3n) is 4.38. The Balaban J connectivity index is 2.18. The highest BCUT2D eigenvalue weighted by Crippen LogP contribution is 2.29. The van der Waals surface area contributed by atoms with E-state index in [-0.39, 0.29) is 31.3 Å². The van der Waals surface area contributed by atoms with Crippen molar-refractivity contribution in [1.29, 1.82) is 0 Å². The first-order chi connectivity index (χ1) is 15.5. The first-order valence-electron chi connectivity index (χ1n) is 10.3. The maximum atomic E-state index is 13.0. The number of urea groups is 1. The maximum Gasteiger partial charge on any atom is 0.416 e. The van der Waals surface area contributed by atoms with Gasteiger partial charge in [-0.25, -0.2) is 4.79 Å².